The number of ether oxygens (including phenoxy) is 1. The Balaban J connectivity index is 1.94. The molecular weight excluding hydrogens is 310 g/mol. The molecule has 3 heterocycles. The first-order chi connectivity index (χ1) is 10.5. The largest absolute Gasteiger partial charge is 0.479 e. The highest BCUT2D eigenvalue weighted by Crippen LogP contribution is 2.23. The van der Waals surface area contributed by atoms with Crippen molar-refractivity contribution in [3.05, 3.63) is 35.1 Å². The van der Waals surface area contributed by atoms with Crippen LogP contribution in [0.2, 0.25) is 5.02 Å². The maximum absolute atomic E-state index is 12.7. The van der Waals surface area contributed by atoms with E-state index < -0.39 is 12.1 Å². The van der Waals surface area contributed by atoms with E-state index >= 15 is 0 Å². The molecule has 0 unspecified atom stereocenters. The van der Waals surface area contributed by atoms with Crippen molar-refractivity contribution in [1.82, 2.24) is 14.5 Å². The maximum Gasteiger partial charge on any atom is 0.334 e. The Labute approximate surface area is 131 Å². The number of carbonyl (C=O) groups excluding carboxylic acids is 1. The van der Waals surface area contributed by atoms with Crippen LogP contribution in [0.15, 0.2) is 24.5 Å². The number of carboxylic acids is 1. The lowest BCUT2D eigenvalue weighted by Crippen LogP contribution is -2.51. The summed E-state index contributed by atoms with van der Waals surface area (Å²) in [4.78, 5) is 25.3. The lowest BCUT2D eigenvalue weighted by molar-refractivity contribution is -0.160. The van der Waals surface area contributed by atoms with Crippen LogP contribution >= 0.6 is 11.6 Å². The molecule has 0 spiro atoms. The predicted molar refractivity (Wildman–Crippen MR) is 78.1 cm³/mol. The Morgan fingerprint density at radius 3 is 2.95 bits per heavy atom. The minimum atomic E-state index is -1.08. The zero-order valence-electron chi connectivity index (χ0n) is 11.8. The molecule has 0 bridgehead atoms. The number of amides is 1. The van der Waals surface area contributed by atoms with Gasteiger partial charge in [-0.3, -0.25) is 4.79 Å². The van der Waals surface area contributed by atoms with Gasteiger partial charge in [0.15, 0.2) is 6.10 Å². The van der Waals surface area contributed by atoms with Crippen LogP contribution in [0.5, 0.6) is 0 Å². The number of rotatable bonds is 2. The average Bonchev–Trinajstić information content (AvgIpc) is 2.91. The molecule has 0 radical (unpaired) electrons. The van der Waals surface area contributed by atoms with Gasteiger partial charge in [0.05, 0.1) is 34.9 Å². The molecule has 1 amide bonds. The van der Waals surface area contributed by atoms with Crippen LogP contribution in [-0.4, -0.2) is 56.8 Å². The fourth-order valence-electron chi connectivity index (χ4n) is 2.58. The van der Waals surface area contributed by atoms with Crippen molar-refractivity contribution in [2.24, 2.45) is 0 Å². The van der Waals surface area contributed by atoms with Gasteiger partial charge < -0.3 is 14.7 Å². The minimum absolute atomic E-state index is 0.000297. The van der Waals surface area contributed by atoms with Gasteiger partial charge in [-0.15, -0.1) is 0 Å². The van der Waals surface area contributed by atoms with Crippen LogP contribution in [0.3, 0.4) is 0 Å². The predicted octanol–water partition coefficient (Wildman–Crippen LogP) is 1.30. The van der Waals surface area contributed by atoms with Gasteiger partial charge >= 0.3 is 5.97 Å². The van der Waals surface area contributed by atoms with E-state index in [1.807, 2.05) is 0 Å². The number of hydrogen-bond donors (Lipinski definition) is 1. The highest BCUT2D eigenvalue weighted by Gasteiger charge is 2.34. The monoisotopic (exact) mass is 323 g/mol. The van der Waals surface area contributed by atoms with E-state index in [1.165, 1.54) is 15.6 Å². The normalized spacial score (nSPS) is 22.0. The maximum atomic E-state index is 12.7. The SMILES string of the molecule is C[C@@H]1CN(C(=O)c2cnn3cccc(Cl)c23)C[C@H](C(=O)O)O1. The van der Waals surface area contributed by atoms with Crippen molar-refractivity contribution < 1.29 is 19.4 Å². The van der Waals surface area contributed by atoms with Crippen LogP contribution in [0.1, 0.15) is 17.3 Å². The summed E-state index contributed by atoms with van der Waals surface area (Å²) < 4.78 is 6.84. The summed E-state index contributed by atoms with van der Waals surface area (Å²) in [6, 6.07) is 3.41. The number of morpholine rings is 1. The van der Waals surface area contributed by atoms with E-state index in [1.54, 1.807) is 25.3 Å². The first kappa shape index (κ1) is 14.8. The number of hydrogen-bond acceptors (Lipinski definition) is 4. The smallest absolute Gasteiger partial charge is 0.334 e. The molecule has 2 aromatic heterocycles. The van der Waals surface area contributed by atoms with Gasteiger partial charge in [-0.1, -0.05) is 11.6 Å². The molecule has 2 aromatic rings. The van der Waals surface area contributed by atoms with Crippen LogP contribution in [-0.2, 0) is 9.53 Å². The van der Waals surface area contributed by atoms with E-state index in [4.69, 9.17) is 21.4 Å². The van der Waals surface area contributed by atoms with Crippen molar-refractivity contribution in [2.45, 2.75) is 19.1 Å². The highest BCUT2D eigenvalue weighted by molar-refractivity contribution is 6.34. The molecule has 1 aliphatic rings. The van der Waals surface area contributed by atoms with Crippen molar-refractivity contribution in [2.75, 3.05) is 13.1 Å². The number of pyridine rings is 1. The Morgan fingerprint density at radius 1 is 1.45 bits per heavy atom. The lowest BCUT2D eigenvalue weighted by Gasteiger charge is -2.34. The van der Waals surface area contributed by atoms with E-state index in [9.17, 15) is 9.59 Å². The fourth-order valence-corrected chi connectivity index (χ4v) is 2.84. The Kier molecular flexibility index (Phi) is 3.76. The second-order valence-electron chi connectivity index (χ2n) is 5.19. The van der Waals surface area contributed by atoms with Crippen LogP contribution < -0.4 is 0 Å². The zero-order chi connectivity index (χ0) is 15.9. The van der Waals surface area contributed by atoms with Gasteiger partial charge in [0, 0.05) is 12.7 Å². The third-order valence-electron chi connectivity index (χ3n) is 3.54. The van der Waals surface area contributed by atoms with Gasteiger partial charge in [0.25, 0.3) is 5.91 Å². The molecule has 0 aliphatic carbocycles. The fraction of sp³-hybridized carbons (Fsp3) is 0.357. The number of carbonyl (C=O) groups is 2. The minimum Gasteiger partial charge on any atom is -0.479 e. The van der Waals surface area contributed by atoms with Crippen molar-refractivity contribution >= 4 is 29.0 Å². The molecule has 8 heteroatoms. The molecule has 3 rings (SSSR count). The van der Waals surface area contributed by atoms with Crippen LogP contribution in [0.4, 0.5) is 0 Å². The van der Waals surface area contributed by atoms with E-state index in [2.05, 4.69) is 5.10 Å². The molecular formula is C14H14ClN3O4. The van der Waals surface area contributed by atoms with E-state index in [0.29, 0.717) is 22.6 Å². The number of aliphatic carboxylic acids is 1. The summed E-state index contributed by atoms with van der Waals surface area (Å²) in [6.07, 6.45) is 1.76. The molecule has 1 fully saturated rings. The Hall–Kier alpha value is -2.12. The molecule has 1 N–H and O–H groups in total. The summed E-state index contributed by atoms with van der Waals surface area (Å²) in [6.45, 7) is 2.06. The van der Waals surface area contributed by atoms with E-state index in [0.717, 1.165) is 0 Å². The molecule has 2 atom stereocenters. The number of fused-ring (bicyclic) bond motifs is 1. The molecule has 22 heavy (non-hydrogen) atoms. The van der Waals surface area contributed by atoms with Crippen molar-refractivity contribution in [3.63, 3.8) is 0 Å². The van der Waals surface area contributed by atoms with Crippen LogP contribution in [0, 0.1) is 0 Å². The van der Waals surface area contributed by atoms with Crippen molar-refractivity contribution in [3.8, 4) is 0 Å². The lowest BCUT2D eigenvalue weighted by atomic mass is 10.1. The third-order valence-corrected chi connectivity index (χ3v) is 3.85. The molecule has 0 saturated carbocycles. The number of halogens is 1. The second-order valence-corrected chi connectivity index (χ2v) is 5.60. The van der Waals surface area contributed by atoms with Gasteiger partial charge in [-0.2, -0.15) is 5.10 Å². The first-order valence-electron chi connectivity index (χ1n) is 6.76. The van der Waals surface area contributed by atoms with Gasteiger partial charge in [0.1, 0.15) is 0 Å². The number of carboxylic acid groups (broad SMARTS) is 1. The van der Waals surface area contributed by atoms with Crippen LogP contribution in [0.25, 0.3) is 5.52 Å². The molecule has 1 saturated heterocycles. The summed E-state index contributed by atoms with van der Waals surface area (Å²) in [5, 5.41) is 13.6. The summed E-state index contributed by atoms with van der Waals surface area (Å²) in [5.41, 5.74) is 0.865. The highest BCUT2D eigenvalue weighted by atomic mass is 35.5. The summed E-state index contributed by atoms with van der Waals surface area (Å²) >= 11 is 6.14. The second kappa shape index (κ2) is 5.58. The quantitative estimate of drug-likeness (QED) is 0.900. The number of nitrogens with zero attached hydrogens (tertiary/aromatic N) is 3. The molecule has 7 nitrogen and oxygen atoms in total. The zero-order valence-corrected chi connectivity index (χ0v) is 12.5. The molecule has 0 aromatic carbocycles. The number of aromatic nitrogens is 2. The van der Waals surface area contributed by atoms with Gasteiger partial charge in [0.2, 0.25) is 0 Å². The van der Waals surface area contributed by atoms with Crippen molar-refractivity contribution in [1.29, 1.82) is 0 Å². The Morgan fingerprint density at radius 2 is 2.23 bits per heavy atom. The topological polar surface area (TPSA) is 84.1 Å². The average molecular weight is 324 g/mol. The third kappa shape index (κ3) is 2.53. The summed E-state index contributed by atoms with van der Waals surface area (Å²) in [5.74, 6) is -1.38. The van der Waals surface area contributed by atoms with Gasteiger partial charge in [-0.05, 0) is 19.1 Å². The Bertz CT molecular complexity index is 745. The standard InChI is InChI=1S/C14H14ClN3O4/c1-8-6-17(7-11(22-8)14(20)21)13(19)9-5-16-18-4-2-3-10(15)12(9)18/h2-5,8,11H,6-7H2,1H3,(H,20,21)/t8-,11-/m1/s1. The first-order valence-corrected chi connectivity index (χ1v) is 7.14. The molecule has 116 valence electrons. The van der Waals surface area contributed by atoms with Gasteiger partial charge in [-0.25, -0.2) is 9.31 Å². The molecule has 1 aliphatic heterocycles. The summed E-state index contributed by atoms with van der Waals surface area (Å²) in [7, 11) is 0. The van der Waals surface area contributed by atoms with E-state index in [-0.39, 0.29) is 18.6 Å².